The fourth-order valence-electron chi connectivity index (χ4n) is 3.98. The minimum absolute atomic E-state index is 0.0166. The molecule has 37 heavy (non-hydrogen) atoms. The third-order valence-corrected chi connectivity index (χ3v) is 5.75. The van der Waals surface area contributed by atoms with Crippen LogP contribution in [-0.4, -0.2) is 33.3 Å². The van der Waals surface area contributed by atoms with E-state index in [1.54, 1.807) is 0 Å². The van der Waals surface area contributed by atoms with Crippen LogP contribution in [0.15, 0.2) is 53.8 Å². The Morgan fingerprint density at radius 3 is 2.57 bits per heavy atom. The fourth-order valence-corrected chi connectivity index (χ4v) is 3.98. The highest BCUT2D eigenvalue weighted by molar-refractivity contribution is 5.80. The normalized spacial score (nSPS) is 13.1. The first-order chi connectivity index (χ1) is 17.6. The number of nitrogens with one attached hydrogen (secondary N) is 1. The number of aromatic nitrogens is 3. The molecule has 0 amide bonds. The van der Waals surface area contributed by atoms with Gasteiger partial charge in [-0.25, -0.2) is 18.2 Å². The maximum absolute atomic E-state index is 14.9. The van der Waals surface area contributed by atoms with Gasteiger partial charge in [0, 0.05) is 11.8 Å². The molecule has 0 saturated carbocycles. The van der Waals surface area contributed by atoms with Crippen LogP contribution in [0.1, 0.15) is 22.5 Å². The second-order valence-electron chi connectivity index (χ2n) is 8.20. The average Bonchev–Trinajstić information content (AvgIpc) is 3.28. The quantitative estimate of drug-likeness (QED) is 0.333. The van der Waals surface area contributed by atoms with Crippen molar-refractivity contribution in [1.82, 2.24) is 20.0 Å². The Balaban J connectivity index is 1.36. The number of methoxy groups -OCH3 is 1. The number of rotatable bonds is 5. The number of fused-ring (bicyclic) bond motifs is 1. The zero-order valence-electron chi connectivity index (χ0n) is 19.1. The maximum atomic E-state index is 14.9. The number of imidazole rings is 1. The second kappa shape index (κ2) is 9.26. The molecule has 0 saturated heterocycles. The summed E-state index contributed by atoms with van der Waals surface area (Å²) in [5, 5.41) is 5.77. The van der Waals surface area contributed by atoms with Crippen LogP contribution in [0.2, 0.25) is 0 Å². The molecule has 0 bridgehead atoms. The SMILES string of the molecule is COc1ccc(-c2ncc(CN3Cc4nc(-c5cccc(F)c5F)[nH]c4C=N3)cc2F)c(C(F)(F)F)c1. The van der Waals surface area contributed by atoms with E-state index in [-0.39, 0.29) is 30.2 Å². The first kappa shape index (κ1) is 24.3. The summed E-state index contributed by atoms with van der Waals surface area (Å²) in [5.74, 6) is -2.85. The van der Waals surface area contributed by atoms with E-state index in [4.69, 9.17) is 4.74 Å². The van der Waals surface area contributed by atoms with Crippen LogP contribution in [0.5, 0.6) is 5.75 Å². The molecular weight excluding hydrogens is 500 g/mol. The minimum Gasteiger partial charge on any atom is -0.497 e. The van der Waals surface area contributed by atoms with Crippen LogP contribution in [-0.2, 0) is 19.3 Å². The lowest BCUT2D eigenvalue weighted by Gasteiger charge is -2.21. The van der Waals surface area contributed by atoms with Crippen LogP contribution in [0.4, 0.5) is 26.3 Å². The summed E-state index contributed by atoms with van der Waals surface area (Å²) in [6.45, 7) is 0.241. The number of ether oxygens (including phenoxy) is 1. The molecule has 0 atom stereocenters. The number of benzene rings is 2. The van der Waals surface area contributed by atoms with Crippen molar-refractivity contribution in [3.63, 3.8) is 0 Å². The first-order valence-corrected chi connectivity index (χ1v) is 10.9. The molecule has 0 spiro atoms. The van der Waals surface area contributed by atoms with Crippen LogP contribution < -0.4 is 4.74 Å². The summed E-state index contributed by atoms with van der Waals surface area (Å²) in [7, 11) is 1.23. The molecule has 2 aromatic carbocycles. The number of aromatic amines is 1. The summed E-state index contributed by atoms with van der Waals surface area (Å²) in [5.41, 5.74) is -0.587. The van der Waals surface area contributed by atoms with E-state index in [2.05, 4.69) is 20.1 Å². The van der Waals surface area contributed by atoms with Crippen LogP contribution in [0.3, 0.4) is 0 Å². The van der Waals surface area contributed by atoms with Crippen molar-refractivity contribution < 1.29 is 31.1 Å². The third kappa shape index (κ3) is 4.74. The van der Waals surface area contributed by atoms with Crippen molar-refractivity contribution in [2.24, 2.45) is 5.10 Å². The Labute approximate surface area is 206 Å². The van der Waals surface area contributed by atoms with E-state index in [0.29, 0.717) is 17.0 Å². The molecule has 1 N–H and O–H groups in total. The molecular formula is C25H17F6N5O. The van der Waals surface area contributed by atoms with Gasteiger partial charge in [0.05, 0.1) is 48.9 Å². The lowest BCUT2D eigenvalue weighted by atomic mass is 10.0. The summed E-state index contributed by atoms with van der Waals surface area (Å²) in [6.07, 6.45) is -2.03. The van der Waals surface area contributed by atoms with Crippen molar-refractivity contribution in [3.8, 4) is 28.4 Å². The molecule has 2 aromatic heterocycles. The predicted molar refractivity (Wildman–Crippen MR) is 122 cm³/mol. The smallest absolute Gasteiger partial charge is 0.417 e. The Kier molecular flexibility index (Phi) is 6.10. The van der Waals surface area contributed by atoms with Crippen molar-refractivity contribution in [2.75, 3.05) is 7.11 Å². The molecule has 5 rings (SSSR count). The van der Waals surface area contributed by atoms with E-state index in [1.165, 1.54) is 42.7 Å². The number of hydrogen-bond donors (Lipinski definition) is 1. The Morgan fingerprint density at radius 1 is 1.03 bits per heavy atom. The summed E-state index contributed by atoms with van der Waals surface area (Å²) < 4.78 is 88.2. The molecule has 0 fully saturated rings. The molecule has 0 radical (unpaired) electrons. The molecule has 4 aromatic rings. The standard InChI is InChI=1S/C25H17F6N5O/c1-37-14-5-6-15(17(8-14)25(29,30)31)23-19(27)7-13(9-32-23)11-36-12-21-20(10-33-36)34-24(35-21)16-3-2-4-18(26)22(16)28/h2-10H,11-12H2,1H3,(H,34,35). The molecule has 0 aliphatic carbocycles. The van der Waals surface area contributed by atoms with Gasteiger partial charge in [0.2, 0.25) is 0 Å². The minimum atomic E-state index is -4.74. The summed E-state index contributed by atoms with van der Waals surface area (Å²) >= 11 is 0. The number of nitrogens with zero attached hydrogens (tertiary/aromatic N) is 4. The van der Waals surface area contributed by atoms with Gasteiger partial charge in [0.15, 0.2) is 11.6 Å². The zero-order valence-corrected chi connectivity index (χ0v) is 19.1. The largest absolute Gasteiger partial charge is 0.497 e. The van der Waals surface area contributed by atoms with Gasteiger partial charge < -0.3 is 9.72 Å². The number of pyridine rings is 1. The highest BCUT2D eigenvalue weighted by atomic mass is 19.4. The van der Waals surface area contributed by atoms with Crippen LogP contribution >= 0.6 is 0 Å². The highest BCUT2D eigenvalue weighted by Crippen LogP contribution is 2.39. The van der Waals surface area contributed by atoms with Gasteiger partial charge >= 0.3 is 6.18 Å². The molecule has 1 aliphatic rings. The van der Waals surface area contributed by atoms with Crippen molar-refractivity contribution in [1.29, 1.82) is 0 Å². The number of halogens is 6. The highest BCUT2D eigenvalue weighted by Gasteiger charge is 2.35. The fraction of sp³-hybridized carbons (Fsp3) is 0.160. The van der Waals surface area contributed by atoms with Gasteiger partial charge in [0.25, 0.3) is 0 Å². The summed E-state index contributed by atoms with van der Waals surface area (Å²) in [6, 6.07) is 8.05. The van der Waals surface area contributed by atoms with Gasteiger partial charge in [-0.3, -0.25) is 9.99 Å². The van der Waals surface area contributed by atoms with E-state index in [0.717, 1.165) is 24.3 Å². The lowest BCUT2D eigenvalue weighted by Crippen LogP contribution is -2.21. The molecule has 1 aliphatic heterocycles. The molecule has 12 heteroatoms. The Bertz CT molecular complexity index is 1510. The van der Waals surface area contributed by atoms with Gasteiger partial charge in [-0.2, -0.15) is 18.3 Å². The van der Waals surface area contributed by atoms with Crippen molar-refractivity contribution in [2.45, 2.75) is 19.3 Å². The lowest BCUT2D eigenvalue weighted by molar-refractivity contribution is -0.137. The van der Waals surface area contributed by atoms with E-state index in [9.17, 15) is 26.3 Å². The number of alkyl halides is 3. The van der Waals surface area contributed by atoms with Gasteiger partial charge in [0.1, 0.15) is 23.1 Å². The predicted octanol–water partition coefficient (Wildman–Crippen LogP) is 5.93. The number of hydrazone groups is 1. The van der Waals surface area contributed by atoms with Crippen LogP contribution in [0.25, 0.3) is 22.6 Å². The second-order valence-corrected chi connectivity index (χ2v) is 8.20. The van der Waals surface area contributed by atoms with Gasteiger partial charge in [-0.1, -0.05) is 6.07 Å². The van der Waals surface area contributed by atoms with E-state index < -0.39 is 40.4 Å². The Morgan fingerprint density at radius 2 is 1.84 bits per heavy atom. The zero-order chi connectivity index (χ0) is 26.3. The van der Waals surface area contributed by atoms with Crippen LogP contribution in [0, 0.1) is 17.5 Å². The number of H-pyrrole nitrogens is 1. The van der Waals surface area contributed by atoms with Gasteiger partial charge in [-0.05, 0) is 42.0 Å². The first-order valence-electron chi connectivity index (χ1n) is 10.9. The molecule has 6 nitrogen and oxygen atoms in total. The third-order valence-electron chi connectivity index (χ3n) is 5.75. The monoisotopic (exact) mass is 517 g/mol. The van der Waals surface area contributed by atoms with E-state index >= 15 is 0 Å². The molecule has 0 unspecified atom stereocenters. The number of hydrogen-bond acceptors (Lipinski definition) is 5. The van der Waals surface area contributed by atoms with Crippen molar-refractivity contribution >= 4 is 6.21 Å². The average molecular weight is 517 g/mol. The maximum Gasteiger partial charge on any atom is 0.417 e. The summed E-state index contributed by atoms with van der Waals surface area (Å²) in [4.78, 5) is 11.2. The van der Waals surface area contributed by atoms with Gasteiger partial charge in [-0.15, -0.1) is 0 Å². The topological polar surface area (TPSA) is 66.4 Å². The van der Waals surface area contributed by atoms with Crippen molar-refractivity contribution in [3.05, 3.63) is 88.6 Å². The Hall–Kier alpha value is -4.35. The van der Waals surface area contributed by atoms with E-state index in [1.807, 2.05) is 0 Å². The molecule has 3 heterocycles. The molecule has 190 valence electrons.